The molecule has 5 rings (SSSR count). The summed E-state index contributed by atoms with van der Waals surface area (Å²) in [6.07, 6.45) is -4.45. The third kappa shape index (κ3) is 6.15. The number of benzene rings is 3. The van der Waals surface area contributed by atoms with Gasteiger partial charge in [0.2, 0.25) is 0 Å². The number of fused-ring (bicyclic) bond motifs is 1. The van der Waals surface area contributed by atoms with Gasteiger partial charge in [0, 0.05) is 28.5 Å². The fourth-order valence-electron chi connectivity index (χ4n) is 4.17. The van der Waals surface area contributed by atoms with Gasteiger partial charge in [0.1, 0.15) is 16.1 Å². The molecule has 0 saturated carbocycles. The van der Waals surface area contributed by atoms with E-state index in [1.54, 1.807) is 0 Å². The van der Waals surface area contributed by atoms with E-state index in [1.165, 1.54) is 17.8 Å². The topological polar surface area (TPSA) is 58.6 Å². The van der Waals surface area contributed by atoms with Gasteiger partial charge in [-0.3, -0.25) is 4.72 Å². The van der Waals surface area contributed by atoms with Crippen LogP contribution in [0.3, 0.4) is 0 Å². The smallest absolute Gasteiger partial charge is 0.419 e. The van der Waals surface area contributed by atoms with Gasteiger partial charge in [-0.05, 0) is 70.5 Å². The number of nitrogens with zero attached hydrogens (tertiary/aromatic N) is 1. The summed E-state index contributed by atoms with van der Waals surface area (Å²) in [7, 11) is -2.20. The number of nitrogens with one attached hydrogen (secondary N) is 1. The monoisotopic (exact) mass is 642 g/mol. The van der Waals surface area contributed by atoms with Crippen molar-refractivity contribution in [2.45, 2.75) is 32.0 Å². The number of likely N-dealkylation sites (N-methyl/N-ethyl adjacent to an activating group) is 1. The first-order chi connectivity index (χ1) is 18.0. The molecule has 4 aromatic rings. The lowest BCUT2D eigenvalue weighted by molar-refractivity contribution is -0.139. The second-order valence-corrected chi connectivity index (χ2v) is 14.1. The minimum atomic E-state index is -4.63. The summed E-state index contributed by atoms with van der Waals surface area (Å²) in [6, 6.07) is 18.5. The molecular weight excluding hydrogens is 621 g/mol. The van der Waals surface area contributed by atoms with E-state index in [4.69, 9.17) is 4.74 Å². The lowest BCUT2D eigenvalue weighted by Gasteiger charge is -2.19. The van der Waals surface area contributed by atoms with Crippen molar-refractivity contribution in [3.05, 3.63) is 76.8 Å². The fraction of sp³-hybridized carbons (Fsp3) is 0.231. The molecule has 1 aliphatic rings. The van der Waals surface area contributed by atoms with Crippen molar-refractivity contribution in [2.75, 3.05) is 24.9 Å². The van der Waals surface area contributed by atoms with Crippen LogP contribution in [0.15, 0.2) is 84.5 Å². The van der Waals surface area contributed by atoms with Crippen LogP contribution in [-0.4, -0.2) is 39.6 Å². The van der Waals surface area contributed by atoms with Crippen LogP contribution >= 0.6 is 39.0 Å². The number of ether oxygens (including phenoxy) is 1. The Morgan fingerprint density at radius 3 is 2.55 bits per heavy atom. The van der Waals surface area contributed by atoms with E-state index in [2.05, 4.69) is 20.7 Å². The van der Waals surface area contributed by atoms with Crippen molar-refractivity contribution >= 4 is 65.5 Å². The van der Waals surface area contributed by atoms with Gasteiger partial charge in [-0.2, -0.15) is 13.2 Å². The molecule has 3 aromatic carbocycles. The predicted octanol–water partition coefficient (Wildman–Crippen LogP) is 7.72. The summed E-state index contributed by atoms with van der Waals surface area (Å²) >= 11 is 5.95. The standard InChI is InChI=1S/C26H22BrF3N2O3S3/c1-32-11-10-19(15-32)35-23-13-18(7-9-21(23)26(28,29)30)31-38(33,34)24-14-22(27)25(37-24)36-20-8-6-16-4-2-3-5-17(16)12-20/h2-9,12-14,19,31H,10-11,15H2,1H3/t19-/m1/s1. The molecule has 1 fully saturated rings. The first-order valence-electron chi connectivity index (χ1n) is 11.5. The number of sulfonamides is 1. The Morgan fingerprint density at radius 2 is 1.84 bits per heavy atom. The summed E-state index contributed by atoms with van der Waals surface area (Å²) in [5.74, 6) is -0.391. The molecule has 5 nitrogen and oxygen atoms in total. The van der Waals surface area contributed by atoms with Gasteiger partial charge in [0.25, 0.3) is 10.0 Å². The van der Waals surface area contributed by atoms with Crippen LogP contribution in [0.4, 0.5) is 18.9 Å². The average molecular weight is 644 g/mol. The van der Waals surface area contributed by atoms with E-state index in [1.807, 2.05) is 54.4 Å². The first-order valence-corrected chi connectivity index (χ1v) is 15.4. The SMILES string of the molecule is CN1CC[C@@H](Oc2cc(NS(=O)(=O)c3cc(Br)c(Sc4ccc5ccccc5c4)s3)ccc2C(F)(F)F)C1. The van der Waals surface area contributed by atoms with Crippen molar-refractivity contribution in [1.82, 2.24) is 4.90 Å². The van der Waals surface area contributed by atoms with Gasteiger partial charge in [-0.15, -0.1) is 11.3 Å². The summed E-state index contributed by atoms with van der Waals surface area (Å²) in [5.41, 5.74) is -0.949. The number of likely N-dealkylation sites (tertiary alicyclic amines) is 1. The number of anilines is 1. The minimum Gasteiger partial charge on any atom is -0.488 e. The van der Waals surface area contributed by atoms with E-state index >= 15 is 0 Å². The molecule has 0 unspecified atom stereocenters. The normalized spacial score (nSPS) is 16.7. The molecule has 0 bridgehead atoms. The highest BCUT2D eigenvalue weighted by Crippen LogP contribution is 2.43. The first kappa shape index (κ1) is 27.3. The Morgan fingerprint density at radius 1 is 1.08 bits per heavy atom. The lowest BCUT2D eigenvalue weighted by Crippen LogP contribution is -2.23. The van der Waals surface area contributed by atoms with Crippen LogP contribution in [0, 0.1) is 0 Å². The molecule has 0 aliphatic carbocycles. The number of alkyl halides is 3. The Labute approximate surface area is 235 Å². The van der Waals surface area contributed by atoms with Crippen LogP contribution in [0.25, 0.3) is 10.8 Å². The highest BCUT2D eigenvalue weighted by atomic mass is 79.9. The fourth-order valence-corrected chi connectivity index (χ4v) is 8.90. The van der Waals surface area contributed by atoms with Gasteiger partial charge >= 0.3 is 6.18 Å². The quantitative estimate of drug-likeness (QED) is 0.224. The highest BCUT2D eigenvalue weighted by Gasteiger charge is 2.36. The van der Waals surface area contributed by atoms with Crippen LogP contribution in [0.5, 0.6) is 5.75 Å². The molecule has 200 valence electrons. The molecule has 1 N–H and O–H groups in total. The molecule has 1 saturated heterocycles. The maximum Gasteiger partial charge on any atom is 0.419 e. The van der Waals surface area contributed by atoms with Gasteiger partial charge in [-0.1, -0.05) is 42.1 Å². The molecular formula is C26H22BrF3N2O3S3. The Bertz CT molecular complexity index is 1590. The minimum absolute atomic E-state index is 0.00685. The number of rotatable bonds is 7. The van der Waals surface area contributed by atoms with Crippen LogP contribution in [-0.2, 0) is 16.2 Å². The van der Waals surface area contributed by atoms with E-state index in [0.717, 1.165) is 49.4 Å². The summed E-state index contributed by atoms with van der Waals surface area (Å²) in [6.45, 7) is 1.21. The average Bonchev–Trinajstić information content (AvgIpc) is 3.43. The lowest BCUT2D eigenvalue weighted by atomic mass is 10.1. The molecule has 0 radical (unpaired) electrons. The van der Waals surface area contributed by atoms with Gasteiger partial charge in [-0.25, -0.2) is 8.42 Å². The predicted molar refractivity (Wildman–Crippen MR) is 149 cm³/mol. The van der Waals surface area contributed by atoms with E-state index in [9.17, 15) is 21.6 Å². The zero-order chi connectivity index (χ0) is 27.1. The summed E-state index contributed by atoms with van der Waals surface area (Å²) in [5, 5.41) is 2.18. The zero-order valence-corrected chi connectivity index (χ0v) is 24.0. The number of halogens is 4. The van der Waals surface area contributed by atoms with E-state index in [0.29, 0.717) is 24.0 Å². The largest absolute Gasteiger partial charge is 0.488 e. The Kier molecular flexibility index (Phi) is 7.71. The van der Waals surface area contributed by atoms with Crippen molar-refractivity contribution in [3.63, 3.8) is 0 Å². The van der Waals surface area contributed by atoms with Crippen molar-refractivity contribution in [2.24, 2.45) is 0 Å². The maximum absolute atomic E-state index is 13.6. The third-order valence-electron chi connectivity index (χ3n) is 6.01. The van der Waals surface area contributed by atoms with Crippen molar-refractivity contribution in [1.29, 1.82) is 0 Å². The van der Waals surface area contributed by atoms with Crippen molar-refractivity contribution in [3.8, 4) is 5.75 Å². The number of hydrogen-bond acceptors (Lipinski definition) is 6. The molecule has 1 atom stereocenters. The molecule has 38 heavy (non-hydrogen) atoms. The van der Waals surface area contributed by atoms with Gasteiger partial charge < -0.3 is 9.64 Å². The highest BCUT2D eigenvalue weighted by molar-refractivity contribution is 9.10. The molecule has 2 heterocycles. The Balaban J connectivity index is 1.38. The maximum atomic E-state index is 13.6. The second-order valence-electron chi connectivity index (χ2n) is 8.92. The summed E-state index contributed by atoms with van der Waals surface area (Å²) < 4.78 is 76.7. The molecule has 0 amide bonds. The van der Waals surface area contributed by atoms with Crippen LogP contribution in [0.1, 0.15) is 12.0 Å². The van der Waals surface area contributed by atoms with Gasteiger partial charge in [0.05, 0.1) is 15.5 Å². The van der Waals surface area contributed by atoms with Crippen molar-refractivity contribution < 1.29 is 26.3 Å². The molecule has 1 aromatic heterocycles. The Hall–Kier alpha value is -2.25. The van der Waals surface area contributed by atoms with Gasteiger partial charge in [0.15, 0.2) is 0 Å². The number of hydrogen-bond donors (Lipinski definition) is 1. The van der Waals surface area contributed by atoms with Crippen LogP contribution < -0.4 is 9.46 Å². The number of thiophene rings is 1. The van der Waals surface area contributed by atoms with E-state index in [-0.39, 0.29) is 9.90 Å². The van der Waals surface area contributed by atoms with E-state index < -0.39 is 33.6 Å². The molecule has 1 aliphatic heterocycles. The summed E-state index contributed by atoms with van der Waals surface area (Å²) in [4.78, 5) is 2.91. The second kappa shape index (κ2) is 10.7. The van der Waals surface area contributed by atoms with Crippen LogP contribution in [0.2, 0.25) is 0 Å². The third-order valence-corrected chi connectivity index (χ3v) is 11.3. The molecule has 12 heteroatoms. The zero-order valence-electron chi connectivity index (χ0n) is 20.0. The molecule has 0 spiro atoms.